The second-order valence-corrected chi connectivity index (χ2v) is 11.2. The number of fused-ring (bicyclic) bond motifs is 1. The Hall–Kier alpha value is -2.69. The molecule has 0 bridgehead atoms. The van der Waals surface area contributed by atoms with Gasteiger partial charge in [0.2, 0.25) is 11.8 Å². The zero-order valence-electron chi connectivity index (χ0n) is 21.7. The molecule has 1 aromatic carbocycles. The van der Waals surface area contributed by atoms with Gasteiger partial charge in [0.15, 0.2) is 0 Å². The Morgan fingerprint density at radius 2 is 1.70 bits per heavy atom. The van der Waals surface area contributed by atoms with Crippen molar-refractivity contribution in [2.24, 2.45) is 13.0 Å². The van der Waals surface area contributed by atoms with Crippen LogP contribution in [0.5, 0.6) is 0 Å². The van der Waals surface area contributed by atoms with Crippen molar-refractivity contribution >= 4 is 28.5 Å². The number of imidazole rings is 1. The summed E-state index contributed by atoms with van der Waals surface area (Å²) >= 11 is 0. The molecule has 6 rings (SSSR count). The molecule has 1 atom stereocenters. The minimum atomic E-state index is -0.653. The Balaban J connectivity index is 1.05. The Bertz CT molecular complexity index is 1220. The average Bonchev–Trinajstić information content (AvgIpc) is 3.13. The normalized spacial score (nSPS) is 27.9. The number of amides is 2. The molecule has 2 aromatic rings. The minimum Gasteiger partial charge on any atom is -0.375 e. The Morgan fingerprint density at radius 1 is 0.946 bits per heavy atom. The molecule has 1 unspecified atom stereocenters. The van der Waals surface area contributed by atoms with Crippen molar-refractivity contribution in [1.82, 2.24) is 24.7 Å². The van der Waals surface area contributed by atoms with Crippen molar-refractivity contribution in [3.05, 3.63) is 28.7 Å². The highest BCUT2D eigenvalue weighted by Gasteiger charge is 2.34. The van der Waals surface area contributed by atoms with Crippen LogP contribution >= 0.6 is 0 Å². The predicted molar refractivity (Wildman–Crippen MR) is 141 cm³/mol. The van der Waals surface area contributed by atoms with E-state index < -0.39 is 11.9 Å². The van der Waals surface area contributed by atoms with E-state index >= 15 is 0 Å². The molecule has 0 spiro atoms. The molecular formula is C27H38N6O4. The van der Waals surface area contributed by atoms with E-state index in [4.69, 9.17) is 4.74 Å². The second kappa shape index (κ2) is 10.2. The third-order valence-electron chi connectivity index (χ3n) is 8.71. The van der Waals surface area contributed by atoms with Crippen LogP contribution in [-0.4, -0.2) is 83.9 Å². The first-order valence-electron chi connectivity index (χ1n) is 13.8. The van der Waals surface area contributed by atoms with E-state index in [0.29, 0.717) is 18.6 Å². The molecule has 10 heteroatoms. The van der Waals surface area contributed by atoms with Gasteiger partial charge in [-0.1, -0.05) is 0 Å². The van der Waals surface area contributed by atoms with Crippen LogP contribution in [0.25, 0.3) is 11.0 Å². The molecule has 4 aliphatic rings. The molecule has 4 heterocycles. The van der Waals surface area contributed by atoms with Crippen LogP contribution in [0.3, 0.4) is 0 Å². The summed E-state index contributed by atoms with van der Waals surface area (Å²) in [5.74, 6) is 0.0662. The lowest BCUT2D eigenvalue weighted by molar-refractivity contribution is -0.135. The number of piperidine rings is 2. The molecule has 0 radical (unpaired) electrons. The van der Waals surface area contributed by atoms with E-state index in [1.165, 1.54) is 12.8 Å². The lowest BCUT2D eigenvalue weighted by atomic mass is 9.81. The van der Waals surface area contributed by atoms with Crippen LogP contribution in [-0.2, 0) is 21.4 Å². The quantitative estimate of drug-likeness (QED) is 0.559. The van der Waals surface area contributed by atoms with Crippen LogP contribution in [0.15, 0.2) is 23.0 Å². The SMILES string of the molecule is Cn1c(=O)n(C2CCC(=O)NC2=O)c2ccc(N3CCN(CC4CC(OC5CCNCC5)C4)CC3)cc21. The third-order valence-corrected chi connectivity index (χ3v) is 8.71. The number of imide groups is 1. The van der Waals surface area contributed by atoms with Crippen LogP contribution in [0.1, 0.15) is 44.6 Å². The smallest absolute Gasteiger partial charge is 0.329 e. The van der Waals surface area contributed by atoms with Gasteiger partial charge in [0.25, 0.3) is 0 Å². The first kappa shape index (κ1) is 24.6. The molecule has 3 saturated heterocycles. The van der Waals surface area contributed by atoms with E-state index in [0.717, 1.165) is 81.3 Å². The second-order valence-electron chi connectivity index (χ2n) is 11.2. The maximum absolute atomic E-state index is 13.0. The molecule has 4 fully saturated rings. The number of aryl methyl sites for hydroxylation is 1. The number of aromatic nitrogens is 2. The topological polar surface area (TPSA) is 101 Å². The van der Waals surface area contributed by atoms with Gasteiger partial charge in [-0.3, -0.25) is 28.9 Å². The van der Waals surface area contributed by atoms with Crippen LogP contribution in [0.4, 0.5) is 5.69 Å². The molecule has 1 aromatic heterocycles. The molecule has 37 heavy (non-hydrogen) atoms. The molecule has 1 saturated carbocycles. The molecule has 200 valence electrons. The first-order valence-corrected chi connectivity index (χ1v) is 13.8. The van der Waals surface area contributed by atoms with Crippen molar-refractivity contribution in [2.45, 2.75) is 56.8 Å². The number of hydrogen-bond acceptors (Lipinski definition) is 7. The van der Waals surface area contributed by atoms with E-state index in [1.807, 2.05) is 6.07 Å². The zero-order valence-corrected chi connectivity index (χ0v) is 21.7. The van der Waals surface area contributed by atoms with Gasteiger partial charge in [-0.2, -0.15) is 0 Å². The van der Waals surface area contributed by atoms with E-state index in [1.54, 1.807) is 16.2 Å². The largest absolute Gasteiger partial charge is 0.375 e. The monoisotopic (exact) mass is 510 g/mol. The highest BCUT2D eigenvalue weighted by molar-refractivity contribution is 6.00. The Kier molecular flexibility index (Phi) is 6.81. The summed E-state index contributed by atoms with van der Waals surface area (Å²) in [7, 11) is 1.75. The fraction of sp³-hybridized carbons (Fsp3) is 0.667. The minimum absolute atomic E-state index is 0.227. The number of carbonyl (C=O) groups excluding carboxylic acids is 2. The summed E-state index contributed by atoms with van der Waals surface area (Å²) in [5, 5.41) is 5.77. The van der Waals surface area contributed by atoms with E-state index in [9.17, 15) is 14.4 Å². The van der Waals surface area contributed by atoms with Gasteiger partial charge in [-0.15, -0.1) is 0 Å². The van der Waals surface area contributed by atoms with Crippen molar-refractivity contribution in [3.63, 3.8) is 0 Å². The van der Waals surface area contributed by atoms with Crippen molar-refractivity contribution in [1.29, 1.82) is 0 Å². The number of benzene rings is 1. The Morgan fingerprint density at radius 3 is 2.43 bits per heavy atom. The number of anilines is 1. The molecule has 3 aliphatic heterocycles. The fourth-order valence-corrected chi connectivity index (χ4v) is 6.47. The van der Waals surface area contributed by atoms with Gasteiger partial charge >= 0.3 is 5.69 Å². The maximum atomic E-state index is 13.0. The van der Waals surface area contributed by atoms with Gasteiger partial charge in [0.05, 0.1) is 23.2 Å². The number of carbonyl (C=O) groups is 2. The summed E-state index contributed by atoms with van der Waals surface area (Å²) in [6.45, 7) is 7.29. The van der Waals surface area contributed by atoms with Gasteiger partial charge < -0.3 is 15.0 Å². The molecule has 1 aliphatic carbocycles. The number of rotatable bonds is 6. The summed E-state index contributed by atoms with van der Waals surface area (Å²) in [5.41, 5.74) is 2.41. The average molecular weight is 511 g/mol. The van der Waals surface area contributed by atoms with Crippen molar-refractivity contribution < 1.29 is 14.3 Å². The third kappa shape index (κ3) is 4.94. The van der Waals surface area contributed by atoms with Crippen LogP contribution in [0.2, 0.25) is 0 Å². The van der Waals surface area contributed by atoms with Gasteiger partial charge in [-0.05, 0) is 69.3 Å². The summed E-state index contributed by atoms with van der Waals surface area (Å²) in [6, 6.07) is 5.40. The lowest BCUT2D eigenvalue weighted by Gasteiger charge is -2.43. The lowest BCUT2D eigenvalue weighted by Crippen LogP contribution is -2.50. The zero-order chi connectivity index (χ0) is 25.5. The van der Waals surface area contributed by atoms with Crippen LogP contribution in [0, 0.1) is 5.92 Å². The van der Waals surface area contributed by atoms with E-state index in [2.05, 4.69) is 32.6 Å². The summed E-state index contributed by atoms with van der Waals surface area (Å²) in [4.78, 5) is 42.0. The first-order chi connectivity index (χ1) is 18.0. The maximum Gasteiger partial charge on any atom is 0.329 e. The molecule has 10 nitrogen and oxygen atoms in total. The molecule has 2 N–H and O–H groups in total. The molecule has 2 amide bonds. The van der Waals surface area contributed by atoms with Crippen LogP contribution < -0.4 is 21.2 Å². The Labute approximate surface area is 216 Å². The van der Waals surface area contributed by atoms with Gasteiger partial charge in [0.1, 0.15) is 6.04 Å². The number of piperazine rings is 1. The number of ether oxygens (including phenoxy) is 1. The summed E-state index contributed by atoms with van der Waals surface area (Å²) < 4.78 is 9.45. The number of nitrogens with one attached hydrogen (secondary N) is 2. The van der Waals surface area contributed by atoms with E-state index in [-0.39, 0.29) is 18.0 Å². The standard InChI is InChI=1S/C27H38N6O4/c1-30-24-16-19(2-3-22(24)33(27(30)36)23-4-5-25(34)29-26(23)35)32-12-10-31(11-13-32)17-18-14-21(15-18)37-20-6-8-28-9-7-20/h2-3,16,18,20-21,23,28H,4-15,17H2,1H3,(H,29,34,35). The highest BCUT2D eigenvalue weighted by Crippen LogP contribution is 2.33. The highest BCUT2D eigenvalue weighted by atomic mass is 16.5. The summed E-state index contributed by atoms with van der Waals surface area (Å²) in [6.07, 6.45) is 6.18. The van der Waals surface area contributed by atoms with Crippen molar-refractivity contribution in [3.8, 4) is 0 Å². The number of hydrogen-bond donors (Lipinski definition) is 2. The van der Waals surface area contributed by atoms with Crippen molar-refractivity contribution in [2.75, 3.05) is 50.7 Å². The van der Waals surface area contributed by atoms with Gasteiger partial charge in [0, 0.05) is 51.9 Å². The predicted octanol–water partition coefficient (Wildman–Crippen LogP) is 0.987. The van der Waals surface area contributed by atoms with Gasteiger partial charge in [-0.25, -0.2) is 4.79 Å². The number of nitrogens with zero attached hydrogens (tertiary/aromatic N) is 4. The molecular weight excluding hydrogens is 472 g/mol. The fourth-order valence-electron chi connectivity index (χ4n) is 6.47.